The van der Waals surface area contributed by atoms with Crippen LogP contribution in [0.3, 0.4) is 0 Å². The summed E-state index contributed by atoms with van der Waals surface area (Å²) in [6, 6.07) is -0.133. The second-order valence-electron chi connectivity index (χ2n) is 5.48. The highest BCUT2D eigenvalue weighted by molar-refractivity contribution is 5.73. The van der Waals surface area contributed by atoms with Gasteiger partial charge in [0, 0.05) is 18.9 Å². The first-order chi connectivity index (χ1) is 8.92. The molecular weight excluding hydrogens is 246 g/mol. The predicted molar refractivity (Wildman–Crippen MR) is 71.5 cm³/mol. The van der Waals surface area contributed by atoms with Crippen molar-refractivity contribution >= 4 is 11.9 Å². The van der Waals surface area contributed by atoms with Gasteiger partial charge in [0.2, 0.25) is 5.91 Å². The molecule has 4 atom stereocenters. The van der Waals surface area contributed by atoms with E-state index in [9.17, 15) is 14.7 Å². The highest BCUT2D eigenvalue weighted by Crippen LogP contribution is 2.37. The maximum absolute atomic E-state index is 11.4. The van der Waals surface area contributed by atoms with Crippen LogP contribution in [0.4, 0.5) is 0 Å². The third kappa shape index (κ3) is 3.69. The smallest absolute Gasteiger partial charge is 0.309 e. The minimum Gasteiger partial charge on any atom is -0.481 e. The molecule has 0 aromatic carbocycles. The molecule has 0 radical (unpaired) electrons. The fourth-order valence-corrected chi connectivity index (χ4v) is 3.28. The van der Waals surface area contributed by atoms with Crippen LogP contribution in [0.25, 0.3) is 0 Å². The van der Waals surface area contributed by atoms with Gasteiger partial charge in [-0.15, -0.1) is 0 Å². The summed E-state index contributed by atoms with van der Waals surface area (Å²) in [5.41, 5.74) is 0. The molecule has 0 aliphatic heterocycles. The van der Waals surface area contributed by atoms with Crippen molar-refractivity contribution in [3.63, 3.8) is 0 Å². The molecule has 1 rings (SSSR count). The van der Waals surface area contributed by atoms with Crippen LogP contribution < -0.4 is 5.32 Å². The predicted octanol–water partition coefficient (Wildman–Crippen LogP) is 1.40. The topological polar surface area (TPSA) is 86.6 Å². The van der Waals surface area contributed by atoms with Crippen molar-refractivity contribution in [2.45, 2.75) is 58.6 Å². The Labute approximate surface area is 114 Å². The third-order valence-corrected chi connectivity index (χ3v) is 4.37. The lowest BCUT2D eigenvalue weighted by atomic mass is 9.82. The number of aliphatic hydroxyl groups excluding tert-OH is 1. The number of carbonyl (C=O) groups excluding carboxylic acids is 1. The molecule has 0 aromatic heterocycles. The van der Waals surface area contributed by atoms with Crippen LogP contribution in [0.2, 0.25) is 0 Å². The zero-order valence-electron chi connectivity index (χ0n) is 11.9. The number of aliphatic carboxylic acids is 1. The molecule has 5 heteroatoms. The lowest BCUT2D eigenvalue weighted by molar-refractivity contribution is -0.145. The molecule has 0 spiro atoms. The van der Waals surface area contributed by atoms with Gasteiger partial charge in [-0.05, 0) is 18.8 Å². The van der Waals surface area contributed by atoms with Crippen LogP contribution in [-0.4, -0.2) is 34.2 Å². The van der Waals surface area contributed by atoms with E-state index in [2.05, 4.69) is 19.2 Å². The molecule has 110 valence electrons. The van der Waals surface area contributed by atoms with Gasteiger partial charge in [-0.2, -0.15) is 0 Å². The fraction of sp³-hybridized carbons (Fsp3) is 0.857. The van der Waals surface area contributed by atoms with Crippen LogP contribution in [0, 0.1) is 17.8 Å². The molecule has 1 saturated carbocycles. The van der Waals surface area contributed by atoms with E-state index in [4.69, 9.17) is 5.11 Å². The lowest BCUT2D eigenvalue weighted by Gasteiger charge is -2.33. The number of rotatable bonds is 6. The van der Waals surface area contributed by atoms with E-state index in [1.807, 2.05) is 0 Å². The monoisotopic (exact) mass is 271 g/mol. The van der Waals surface area contributed by atoms with Gasteiger partial charge >= 0.3 is 5.97 Å². The van der Waals surface area contributed by atoms with Crippen molar-refractivity contribution in [2.75, 3.05) is 0 Å². The largest absolute Gasteiger partial charge is 0.481 e. The van der Waals surface area contributed by atoms with Crippen LogP contribution >= 0.6 is 0 Å². The van der Waals surface area contributed by atoms with Crippen molar-refractivity contribution in [2.24, 2.45) is 17.8 Å². The third-order valence-electron chi connectivity index (χ3n) is 4.37. The average molecular weight is 271 g/mol. The van der Waals surface area contributed by atoms with Gasteiger partial charge in [-0.1, -0.05) is 26.7 Å². The van der Waals surface area contributed by atoms with Gasteiger partial charge in [0.05, 0.1) is 12.0 Å². The van der Waals surface area contributed by atoms with E-state index in [0.29, 0.717) is 12.8 Å². The van der Waals surface area contributed by atoms with E-state index >= 15 is 0 Å². The van der Waals surface area contributed by atoms with Crippen molar-refractivity contribution < 1.29 is 19.8 Å². The highest BCUT2D eigenvalue weighted by atomic mass is 16.4. The van der Waals surface area contributed by atoms with E-state index in [1.54, 1.807) is 0 Å². The number of nitrogens with one attached hydrogen (secondary N) is 1. The summed E-state index contributed by atoms with van der Waals surface area (Å²) < 4.78 is 0. The Bertz CT molecular complexity index is 327. The van der Waals surface area contributed by atoms with Gasteiger partial charge in [-0.3, -0.25) is 9.59 Å². The van der Waals surface area contributed by atoms with Crippen molar-refractivity contribution in [1.29, 1.82) is 0 Å². The zero-order chi connectivity index (χ0) is 14.6. The molecule has 1 fully saturated rings. The molecule has 0 heterocycles. The second kappa shape index (κ2) is 6.89. The number of hydrogen-bond donors (Lipinski definition) is 3. The van der Waals surface area contributed by atoms with Crippen molar-refractivity contribution in [3.05, 3.63) is 0 Å². The van der Waals surface area contributed by atoms with Gasteiger partial charge in [0.25, 0.3) is 0 Å². The Balaban J connectivity index is 2.86. The number of hydrogen-bond acceptors (Lipinski definition) is 3. The summed E-state index contributed by atoms with van der Waals surface area (Å²) in [7, 11) is 0. The van der Waals surface area contributed by atoms with Gasteiger partial charge in [0.1, 0.15) is 0 Å². The molecule has 0 bridgehead atoms. The number of carboxylic acid groups (broad SMARTS) is 1. The Hall–Kier alpha value is -1.10. The SMILES string of the molecule is CCC(CC)C(NC(C)=O)C1CCC(C(=O)O)C1O. The number of carbonyl (C=O) groups is 2. The lowest BCUT2D eigenvalue weighted by Crippen LogP contribution is -2.48. The molecule has 0 aromatic rings. The Kier molecular flexibility index (Phi) is 5.79. The summed E-state index contributed by atoms with van der Waals surface area (Å²) in [6.45, 7) is 5.57. The summed E-state index contributed by atoms with van der Waals surface area (Å²) in [4.78, 5) is 22.4. The molecule has 0 saturated heterocycles. The van der Waals surface area contributed by atoms with Gasteiger partial charge < -0.3 is 15.5 Å². The summed E-state index contributed by atoms with van der Waals surface area (Å²) in [5.74, 6) is -1.65. The second-order valence-corrected chi connectivity index (χ2v) is 5.48. The molecular formula is C14H25NO4. The molecule has 1 amide bonds. The van der Waals surface area contributed by atoms with Crippen LogP contribution in [0.15, 0.2) is 0 Å². The van der Waals surface area contributed by atoms with E-state index in [1.165, 1.54) is 6.92 Å². The summed E-state index contributed by atoms with van der Waals surface area (Å²) in [6.07, 6.45) is 2.08. The number of amides is 1. The highest BCUT2D eigenvalue weighted by Gasteiger charge is 2.44. The molecule has 1 aliphatic carbocycles. The summed E-state index contributed by atoms with van der Waals surface area (Å²) in [5, 5.41) is 22.2. The van der Waals surface area contributed by atoms with Crippen molar-refractivity contribution in [1.82, 2.24) is 5.32 Å². The molecule has 4 unspecified atom stereocenters. The van der Waals surface area contributed by atoms with E-state index < -0.39 is 18.0 Å². The standard InChI is InChI=1S/C14H25NO4/c1-4-9(5-2)12(15-8(3)16)10-6-7-11(13(10)17)14(18)19/h9-13,17H,4-7H2,1-3H3,(H,15,16)(H,18,19). The van der Waals surface area contributed by atoms with Gasteiger partial charge in [-0.25, -0.2) is 0 Å². The van der Waals surface area contributed by atoms with Crippen molar-refractivity contribution in [3.8, 4) is 0 Å². The fourth-order valence-electron chi connectivity index (χ4n) is 3.28. The number of carboxylic acids is 1. The molecule has 1 aliphatic rings. The molecule has 3 N–H and O–H groups in total. The van der Waals surface area contributed by atoms with E-state index in [0.717, 1.165) is 12.8 Å². The zero-order valence-corrected chi connectivity index (χ0v) is 11.9. The molecule has 19 heavy (non-hydrogen) atoms. The Morgan fingerprint density at radius 2 is 1.84 bits per heavy atom. The van der Waals surface area contributed by atoms with Gasteiger partial charge in [0.15, 0.2) is 0 Å². The maximum Gasteiger partial charge on any atom is 0.309 e. The van der Waals surface area contributed by atoms with Crippen LogP contribution in [-0.2, 0) is 9.59 Å². The Morgan fingerprint density at radius 1 is 1.26 bits per heavy atom. The van der Waals surface area contributed by atoms with E-state index in [-0.39, 0.29) is 23.8 Å². The van der Waals surface area contributed by atoms with Crippen LogP contribution in [0.5, 0.6) is 0 Å². The first-order valence-electron chi connectivity index (χ1n) is 7.10. The maximum atomic E-state index is 11.4. The van der Waals surface area contributed by atoms with Crippen LogP contribution in [0.1, 0.15) is 46.5 Å². The first-order valence-corrected chi connectivity index (χ1v) is 7.10. The number of aliphatic hydroxyl groups is 1. The minimum absolute atomic E-state index is 0.122. The quantitative estimate of drug-likeness (QED) is 0.681. The normalized spacial score (nSPS) is 28.4. The minimum atomic E-state index is -0.943. The summed E-state index contributed by atoms with van der Waals surface area (Å²) >= 11 is 0. The average Bonchev–Trinajstić information content (AvgIpc) is 2.70. The Morgan fingerprint density at radius 3 is 2.21 bits per heavy atom. The molecule has 5 nitrogen and oxygen atoms in total. The first kappa shape index (κ1) is 16.0.